The Kier molecular flexibility index (Phi) is 7.94. The van der Waals surface area contributed by atoms with Gasteiger partial charge in [0.05, 0.1) is 21.3 Å². The first kappa shape index (κ1) is 22.1. The Morgan fingerprint density at radius 3 is 2.59 bits per heavy atom. The van der Waals surface area contributed by atoms with Crippen LogP contribution in [0.3, 0.4) is 0 Å². The molecule has 8 nitrogen and oxygen atoms in total. The minimum Gasteiger partial charge on any atom is -0.497 e. The fourth-order valence-electron chi connectivity index (χ4n) is 2.87. The number of ether oxygens (including phenoxy) is 3. The van der Waals surface area contributed by atoms with Crippen molar-refractivity contribution in [2.24, 2.45) is 4.99 Å². The lowest BCUT2D eigenvalue weighted by Crippen LogP contribution is -2.38. The van der Waals surface area contributed by atoms with Crippen LogP contribution < -0.4 is 14.8 Å². The second-order valence-electron chi connectivity index (χ2n) is 6.38. The molecule has 1 heterocycles. The summed E-state index contributed by atoms with van der Waals surface area (Å²) in [6.07, 6.45) is 0. The average Bonchev–Trinajstić information content (AvgIpc) is 3.11. The number of nitrogens with zero attached hydrogens (tertiary/aromatic N) is 2. The number of carbonyl (C=O) groups is 1. The van der Waals surface area contributed by atoms with Crippen molar-refractivity contribution in [1.29, 1.82) is 0 Å². The van der Waals surface area contributed by atoms with Gasteiger partial charge in [0, 0.05) is 31.8 Å². The van der Waals surface area contributed by atoms with Gasteiger partial charge in [-0.15, -0.1) is 0 Å². The number of hydrogen-bond acceptors (Lipinski definition) is 6. The molecule has 0 amide bonds. The number of nitrogens with one attached hydrogen (secondary N) is 1. The summed E-state index contributed by atoms with van der Waals surface area (Å²) in [4.78, 5) is 18.4. The SMILES string of the molecule is CCNC(=NCc1cc(C(=O)OC)c(C)o1)N(C)Cc1ccc(OC)cc1OC. The Hall–Kier alpha value is -3.16. The molecule has 2 aromatic rings. The quantitative estimate of drug-likeness (QED) is 0.412. The Morgan fingerprint density at radius 2 is 1.97 bits per heavy atom. The van der Waals surface area contributed by atoms with Crippen LogP contribution in [0, 0.1) is 6.92 Å². The predicted octanol–water partition coefficient (Wildman–Crippen LogP) is 2.99. The van der Waals surface area contributed by atoms with Crippen molar-refractivity contribution >= 4 is 11.9 Å². The molecule has 8 heteroatoms. The van der Waals surface area contributed by atoms with Gasteiger partial charge < -0.3 is 28.8 Å². The highest BCUT2D eigenvalue weighted by Gasteiger charge is 2.16. The number of carbonyl (C=O) groups excluding carboxylic acids is 1. The molecule has 0 bridgehead atoms. The molecule has 0 unspecified atom stereocenters. The summed E-state index contributed by atoms with van der Waals surface area (Å²) < 4.78 is 21.1. The highest BCUT2D eigenvalue weighted by Crippen LogP contribution is 2.25. The van der Waals surface area contributed by atoms with Crippen LogP contribution in [0.1, 0.15) is 34.4 Å². The molecule has 0 saturated heterocycles. The molecular weight excluding hydrogens is 374 g/mol. The molecule has 0 saturated carbocycles. The Morgan fingerprint density at radius 1 is 1.21 bits per heavy atom. The van der Waals surface area contributed by atoms with Gasteiger partial charge in [-0.3, -0.25) is 0 Å². The first-order valence-electron chi connectivity index (χ1n) is 9.31. The van der Waals surface area contributed by atoms with Crippen LogP contribution in [-0.2, 0) is 17.8 Å². The van der Waals surface area contributed by atoms with Gasteiger partial charge in [-0.2, -0.15) is 0 Å². The van der Waals surface area contributed by atoms with Crippen LogP contribution in [-0.4, -0.2) is 51.8 Å². The number of benzene rings is 1. The van der Waals surface area contributed by atoms with Crippen molar-refractivity contribution in [1.82, 2.24) is 10.2 Å². The average molecular weight is 403 g/mol. The minimum atomic E-state index is -0.419. The van der Waals surface area contributed by atoms with Gasteiger partial charge in [-0.05, 0) is 32.0 Å². The molecule has 0 radical (unpaired) electrons. The van der Waals surface area contributed by atoms with Crippen molar-refractivity contribution in [2.45, 2.75) is 26.9 Å². The van der Waals surface area contributed by atoms with Gasteiger partial charge in [0.25, 0.3) is 0 Å². The van der Waals surface area contributed by atoms with Crippen LogP contribution in [0.5, 0.6) is 11.5 Å². The van der Waals surface area contributed by atoms with E-state index in [0.29, 0.717) is 42.7 Å². The topological polar surface area (TPSA) is 85.5 Å². The zero-order valence-electron chi connectivity index (χ0n) is 17.9. The number of esters is 1. The summed E-state index contributed by atoms with van der Waals surface area (Å²) in [6, 6.07) is 7.39. The van der Waals surface area contributed by atoms with Gasteiger partial charge in [0.15, 0.2) is 5.96 Å². The molecule has 2 rings (SSSR count). The first-order chi connectivity index (χ1) is 13.9. The van der Waals surface area contributed by atoms with E-state index < -0.39 is 5.97 Å². The fourth-order valence-corrected chi connectivity index (χ4v) is 2.87. The Bertz CT molecular complexity index is 860. The maximum Gasteiger partial charge on any atom is 0.341 e. The van der Waals surface area contributed by atoms with Crippen LogP contribution >= 0.6 is 0 Å². The number of furan rings is 1. The molecule has 1 aromatic carbocycles. The van der Waals surface area contributed by atoms with E-state index in [2.05, 4.69) is 10.3 Å². The Balaban J connectivity index is 2.17. The number of aliphatic imine (C=N–C) groups is 1. The van der Waals surface area contributed by atoms with Crippen molar-refractivity contribution in [3.05, 3.63) is 46.9 Å². The fraction of sp³-hybridized carbons (Fsp3) is 0.429. The second kappa shape index (κ2) is 10.4. The van der Waals surface area contributed by atoms with Crippen molar-refractivity contribution in [3.8, 4) is 11.5 Å². The lowest BCUT2D eigenvalue weighted by atomic mass is 10.2. The summed E-state index contributed by atoms with van der Waals surface area (Å²) in [6.45, 7) is 5.33. The van der Waals surface area contributed by atoms with E-state index in [1.165, 1.54) is 7.11 Å². The molecular formula is C21H29N3O5. The van der Waals surface area contributed by atoms with E-state index in [-0.39, 0.29) is 0 Å². The van der Waals surface area contributed by atoms with Crippen molar-refractivity contribution in [2.75, 3.05) is 34.9 Å². The normalized spacial score (nSPS) is 11.2. The standard InChI is InChI=1S/C21H29N3O5/c1-7-22-21(23-12-17-10-18(14(2)29-17)20(25)28-6)24(3)13-15-8-9-16(26-4)11-19(15)27-5/h8-11H,7,12-13H2,1-6H3,(H,22,23). The molecule has 0 aliphatic carbocycles. The van der Waals surface area contributed by atoms with E-state index in [1.807, 2.05) is 37.1 Å². The van der Waals surface area contributed by atoms with Gasteiger partial charge in [-0.25, -0.2) is 9.79 Å². The summed E-state index contributed by atoms with van der Waals surface area (Å²) in [5.41, 5.74) is 1.42. The van der Waals surface area contributed by atoms with Gasteiger partial charge in [-0.1, -0.05) is 0 Å². The number of guanidine groups is 1. The van der Waals surface area contributed by atoms with Crippen LogP contribution in [0.15, 0.2) is 33.7 Å². The number of aryl methyl sites for hydroxylation is 1. The molecule has 0 aliphatic heterocycles. The molecule has 1 aromatic heterocycles. The van der Waals surface area contributed by atoms with Crippen LogP contribution in [0.25, 0.3) is 0 Å². The lowest BCUT2D eigenvalue weighted by molar-refractivity contribution is 0.0599. The van der Waals surface area contributed by atoms with E-state index in [0.717, 1.165) is 17.1 Å². The largest absolute Gasteiger partial charge is 0.497 e. The molecule has 29 heavy (non-hydrogen) atoms. The maximum absolute atomic E-state index is 11.7. The summed E-state index contributed by atoms with van der Waals surface area (Å²) in [5, 5.41) is 3.27. The smallest absolute Gasteiger partial charge is 0.341 e. The summed E-state index contributed by atoms with van der Waals surface area (Å²) in [7, 11) is 6.55. The van der Waals surface area contributed by atoms with Crippen molar-refractivity contribution in [3.63, 3.8) is 0 Å². The van der Waals surface area contributed by atoms with Crippen LogP contribution in [0.2, 0.25) is 0 Å². The predicted molar refractivity (Wildman–Crippen MR) is 111 cm³/mol. The zero-order chi connectivity index (χ0) is 21.4. The number of rotatable bonds is 8. The van der Waals surface area contributed by atoms with Gasteiger partial charge in [0.1, 0.15) is 35.1 Å². The molecule has 0 atom stereocenters. The molecule has 0 fully saturated rings. The third kappa shape index (κ3) is 5.66. The zero-order valence-corrected chi connectivity index (χ0v) is 17.9. The van der Waals surface area contributed by atoms with Gasteiger partial charge in [0.2, 0.25) is 0 Å². The third-order valence-electron chi connectivity index (χ3n) is 4.36. The Labute approximate surface area is 171 Å². The van der Waals surface area contributed by atoms with E-state index in [4.69, 9.17) is 18.6 Å². The maximum atomic E-state index is 11.7. The van der Waals surface area contributed by atoms with E-state index in [9.17, 15) is 4.79 Å². The van der Waals surface area contributed by atoms with E-state index in [1.54, 1.807) is 27.2 Å². The summed E-state index contributed by atoms with van der Waals surface area (Å²) in [5.74, 6) is 2.88. The van der Waals surface area contributed by atoms with Gasteiger partial charge >= 0.3 is 5.97 Å². The second-order valence-corrected chi connectivity index (χ2v) is 6.38. The molecule has 158 valence electrons. The monoisotopic (exact) mass is 403 g/mol. The number of methoxy groups -OCH3 is 3. The van der Waals surface area contributed by atoms with Crippen molar-refractivity contribution < 1.29 is 23.4 Å². The summed E-state index contributed by atoms with van der Waals surface area (Å²) >= 11 is 0. The third-order valence-corrected chi connectivity index (χ3v) is 4.36. The van der Waals surface area contributed by atoms with Crippen LogP contribution in [0.4, 0.5) is 0 Å². The first-order valence-corrected chi connectivity index (χ1v) is 9.31. The minimum absolute atomic E-state index is 0.296. The van der Waals surface area contributed by atoms with E-state index >= 15 is 0 Å². The highest BCUT2D eigenvalue weighted by molar-refractivity contribution is 5.90. The molecule has 0 aliphatic rings. The lowest BCUT2D eigenvalue weighted by Gasteiger charge is -2.23. The highest BCUT2D eigenvalue weighted by atomic mass is 16.5. The molecule has 0 spiro atoms. The number of hydrogen-bond donors (Lipinski definition) is 1. The molecule has 1 N–H and O–H groups in total.